The summed E-state index contributed by atoms with van der Waals surface area (Å²) >= 11 is 0. The molecule has 0 aromatic heterocycles. The van der Waals surface area contributed by atoms with E-state index in [1.54, 1.807) is 12.1 Å². The molecule has 3 aromatic carbocycles. The van der Waals surface area contributed by atoms with Crippen molar-refractivity contribution in [2.24, 2.45) is 10.7 Å². The molecule has 158 valence electrons. The molecule has 0 spiro atoms. The number of ether oxygens (including phenoxy) is 2. The van der Waals surface area contributed by atoms with Crippen LogP contribution in [0.4, 0.5) is 0 Å². The molecule has 6 heteroatoms. The van der Waals surface area contributed by atoms with Crippen LogP contribution >= 0.6 is 0 Å². The lowest BCUT2D eigenvalue weighted by atomic mass is 10.0. The lowest BCUT2D eigenvalue weighted by Crippen LogP contribution is -2.37. The molecular weight excluding hydrogens is 390 g/mol. The number of fused-ring (bicyclic) bond motifs is 1. The van der Waals surface area contributed by atoms with E-state index < -0.39 is 0 Å². The molecule has 0 bridgehead atoms. The first-order chi connectivity index (χ1) is 15.2. The predicted molar refractivity (Wildman–Crippen MR) is 120 cm³/mol. The Labute approximate surface area is 181 Å². The minimum absolute atomic E-state index is 0.0630. The molecule has 1 unspecified atom stereocenters. The minimum Gasteiger partial charge on any atom is -0.493 e. The number of nitrogens with two attached hydrogens (primary N) is 1. The van der Waals surface area contributed by atoms with Crippen molar-refractivity contribution in [2.75, 3.05) is 6.61 Å². The highest BCUT2D eigenvalue weighted by Crippen LogP contribution is 2.31. The summed E-state index contributed by atoms with van der Waals surface area (Å²) in [5, 5.41) is 3.28. The van der Waals surface area contributed by atoms with Crippen LogP contribution in [0, 0.1) is 0 Å². The smallest absolute Gasteiger partial charge is 0.338 e. The van der Waals surface area contributed by atoms with Gasteiger partial charge in [0.2, 0.25) is 0 Å². The fourth-order valence-electron chi connectivity index (χ4n) is 3.50. The monoisotopic (exact) mass is 415 g/mol. The van der Waals surface area contributed by atoms with Gasteiger partial charge in [-0.2, -0.15) is 0 Å². The Morgan fingerprint density at radius 1 is 1.03 bits per heavy atom. The molecule has 0 aliphatic carbocycles. The second-order valence-electron chi connectivity index (χ2n) is 7.34. The quantitative estimate of drug-likeness (QED) is 0.361. The highest BCUT2D eigenvalue weighted by atomic mass is 16.5. The number of rotatable bonds is 6. The van der Waals surface area contributed by atoms with Gasteiger partial charge < -0.3 is 20.5 Å². The lowest BCUT2D eigenvalue weighted by Gasteiger charge is -2.26. The largest absolute Gasteiger partial charge is 0.493 e. The van der Waals surface area contributed by atoms with Crippen molar-refractivity contribution in [3.63, 3.8) is 0 Å². The van der Waals surface area contributed by atoms with E-state index in [-0.39, 0.29) is 18.6 Å². The Hall–Kier alpha value is -3.80. The van der Waals surface area contributed by atoms with Crippen LogP contribution in [0.2, 0.25) is 0 Å². The van der Waals surface area contributed by atoms with Gasteiger partial charge in [0.05, 0.1) is 24.8 Å². The van der Waals surface area contributed by atoms with Gasteiger partial charge in [-0.1, -0.05) is 60.7 Å². The number of benzene rings is 3. The number of esters is 1. The summed E-state index contributed by atoms with van der Waals surface area (Å²) in [4.78, 5) is 16.8. The summed E-state index contributed by atoms with van der Waals surface area (Å²) in [7, 11) is 0. The molecule has 1 atom stereocenters. The molecule has 4 rings (SSSR count). The molecule has 1 aliphatic heterocycles. The van der Waals surface area contributed by atoms with Gasteiger partial charge in [0.25, 0.3) is 0 Å². The zero-order chi connectivity index (χ0) is 21.5. The van der Waals surface area contributed by atoms with E-state index in [0.717, 1.165) is 28.9 Å². The van der Waals surface area contributed by atoms with Crippen LogP contribution in [-0.4, -0.2) is 18.5 Å². The van der Waals surface area contributed by atoms with Crippen molar-refractivity contribution in [3.05, 3.63) is 101 Å². The average Bonchev–Trinajstić information content (AvgIpc) is 2.82. The first-order valence-corrected chi connectivity index (χ1v) is 10.3. The second kappa shape index (κ2) is 9.80. The first-order valence-electron chi connectivity index (χ1n) is 10.3. The van der Waals surface area contributed by atoms with Crippen LogP contribution in [0.5, 0.6) is 5.75 Å². The summed E-state index contributed by atoms with van der Waals surface area (Å²) in [5.74, 6) is 0.874. The van der Waals surface area contributed by atoms with E-state index in [9.17, 15) is 4.79 Å². The Morgan fingerprint density at radius 3 is 2.68 bits per heavy atom. The number of carbonyl (C=O) groups is 1. The van der Waals surface area contributed by atoms with Gasteiger partial charge in [0.15, 0.2) is 5.96 Å². The van der Waals surface area contributed by atoms with Crippen LogP contribution in [-0.2, 0) is 17.9 Å². The SMILES string of the molecule is NC(=NCc1cccc(C(=O)OCc2ccccc2)c1)NC1CCOc2ccccc21. The van der Waals surface area contributed by atoms with E-state index in [1.165, 1.54) is 0 Å². The Balaban J connectivity index is 1.35. The molecule has 0 radical (unpaired) electrons. The molecular formula is C25H25N3O3. The molecule has 3 aromatic rings. The summed E-state index contributed by atoms with van der Waals surface area (Å²) < 4.78 is 11.1. The number of guanidine groups is 1. The van der Waals surface area contributed by atoms with Crippen molar-refractivity contribution in [1.29, 1.82) is 0 Å². The maximum atomic E-state index is 12.4. The summed E-state index contributed by atoms with van der Waals surface area (Å²) in [6, 6.07) is 24.8. The van der Waals surface area contributed by atoms with Crippen LogP contribution in [0.1, 0.15) is 39.5 Å². The Kier molecular flexibility index (Phi) is 6.47. The van der Waals surface area contributed by atoms with Gasteiger partial charge in [0.1, 0.15) is 12.4 Å². The van der Waals surface area contributed by atoms with E-state index in [0.29, 0.717) is 24.7 Å². The van der Waals surface area contributed by atoms with Gasteiger partial charge >= 0.3 is 5.97 Å². The van der Waals surface area contributed by atoms with E-state index >= 15 is 0 Å². The predicted octanol–water partition coefficient (Wildman–Crippen LogP) is 3.97. The van der Waals surface area contributed by atoms with Crippen molar-refractivity contribution >= 4 is 11.9 Å². The third kappa shape index (κ3) is 5.42. The third-order valence-corrected chi connectivity index (χ3v) is 5.09. The molecule has 6 nitrogen and oxygen atoms in total. The van der Waals surface area contributed by atoms with Crippen LogP contribution in [0.3, 0.4) is 0 Å². The summed E-state index contributed by atoms with van der Waals surface area (Å²) in [6.45, 7) is 1.24. The summed E-state index contributed by atoms with van der Waals surface area (Å²) in [5.41, 5.74) is 9.53. The molecule has 0 amide bonds. The number of hydrogen-bond acceptors (Lipinski definition) is 4. The normalized spacial score (nSPS) is 15.5. The van der Waals surface area contributed by atoms with Crippen molar-refractivity contribution < 1.29 is 14.3 Å². The topological polar surface area (TPSA) is 85.9 Å². The standard InChI is InChI=1S/C25H25N3O3/c26-25(28-22-13-14-30-23-12-5-4-11-21(22)23)27-16-19-9-6-10-20(15-19)24(29)31-17-18-7-2-1-3-8-18/h1-12,15,22H,13-14,16-17H2,(H3,26,27,28). The van der Waals surface area contributed by atoms with Crippen LogP contribution < -0.4 is 15.8 Å². The minimum atomic E-state index is -0.361. The number of nitrogens with zero attached hydrogens (tertiary/aromatic N) is 1. The van der Waals surface area contributed by atoms with E-state index in [4.69, 9.17) is 15.2 Å². The molecule has 31 heavy (non-hydrogen) atoms. The number of para-hydroxylation sites is 1. The number of carbonyl (C=O) groups excluding carboxylic acids is 1. The van der Waals surface area contributed by atoms with Gasteiger partial charge in [-0.25, -0.2) is 9.79 Å². The van der Waals surface area contributed by atoms with Crippen LogP contribution in [0.15, 0.2) is 83.9 Å². The second-order valence-corrected chi connectivity index (χ2v) is 7.34. The van der Waals surface area contributed by atoms with Crippen molar-refractivity contribution in [2.45, 2.75) is 25.6 Å². The fourth-order valence-corrected chi connectivity index (χ4v) is 3.50. The maximum absolute atomic E-state index is 12.4. The average molecular weight is 415 g/mol. The van der Waals surface area contributed by atoms with Crippen LogP contribution in [0.25, 0.3) is 0 Å². The van der Waals surface area contributed by atoms with Gasteiger partial charge in [-0.05, 0) is 29.3 Å². The van der Waals surface area contributed by atoms with Gasteiger partial charge in [0, 0.05) is 12.0 Å². The van der Waals surface area contributed by atoms with Crippen molar-refractivity contribution in [1.82, 2.24) is 5.32 Å². The Morgan fingerprint density at radius 2 is 1.81 bits per heavy atom. The summed E-state index contributed by atoms with van der Waals surface area (Å²) in [6.07, 6.45) is 0.815. The van der Waals surface area contributed by atoms with Gasteiger partial charge in [-0.3, -0.25) is 0 Å². The third-order valence-electron chi connectivity index (χ3n) is 5.09. The lowest BCUT2D eigenvalue weighted by molar-refractivity contribution is 0.0472. The molecule has 0 saturated carbocycles. The fraction of sp³-hybridized carbons (Fsp3) is 0.200. The highest BCUT2D eigenvalue weighted by Gasteiger charge is 2.21. The highest BCUT2D eigenvalue weighted by molar-refractivity contribution is 5.89. The molecule has 1 heterocycles. The zero-order valence-electron chi connectivity index (χ0n) is 17.2. The molecule has 0 fully saturated rings. The molecule has 3 N–H and O–H groups in total. The van der Waals surface area contributed by atoms with E-state index in [1.807, 2.05) is 66.7 Å². The maximum Gasteiger partial charge on any atom is 0.338 e. The van der Waals surface area contributed by atoms with Crippen molar-refractivity contribution in [3.8, 4) is 5.75 Å². The number of nitrogens with one attached hydrogen (secondary N) is 1. The Bertz CT molecular complexity index is 1070. The number of aliphatic imine (C=N–C) groups is 1. The molecule has 1 aliphatic rings. The first kappa shape index (κ1) is 20.5. The zero-order valence-corrected chi connectivity index (χ0v) is 17.2. The van der Waals surface area contributed by atoms with Gasteiger partial charge in [-0.15, -0.1) is 0 Å². The molecule has 0 saturated heterocycles. The number of hydrogen-bond donors (Lipinski definition) is 2. The van der Waals surface area contributed by atoms with E-state index in [2.05, 4.69) is 10.3 Å².